The molecule has 22 heteroatoms. The Hall–Kier alpha value is -5.38. The van der Waals surface area contributed by atoms with Gasteiger partial charge in [0.2, 0.25) is 6.10 Å². The van der Waals surface area contributed by atoms with Gasteiger partial charge in [-0.1, -0.05) is 158 Å². The normalized spacial score (nSPS) is 34.2. The lowest BCUT2D eigenvalue weighted by atomic mass is 9.47. The smallest absolute Gasteiger partial charge is 0.347 e. The second kappa shape index (κ2) is 51.4. The van der Waals surface area contributed by atoms with Gasteiger partial charge in [-0.15, -0.1) is 0 Å². The van der Waals surface area contributed by atoms with Gasteiger partial charge in [-0.3, -0.25) is 38.4 Å². The van der Waals surface area contributed by atoms with Crippen LogP contribution in [0.1, 0.15) is 466 Å². The minimum Gasteiger partial charge on any atom is -0.463 e. The summed E-state index contributed by atoms with van der Waals surface area (Å²) in [6.07, 6.45) is 36.0. The van der Waals surface area contributed by atoms with Gasteiger partial charge in [0.25, 0.3) is 0 Å². The van der Waals surface area contributed by atoms with Crippen molar-refractivity contribution >= 4 is 59.7 Å². The van der Waals surface area contributed by atoms with Gasteiger partial charge in [0.05, 0.1) is 62.1 Å². The number of carbonyl (C=O) groups is 10. The predicted octanol–water partition coefficient (Wildman–Crippen LogP) is 27.8. The summed E-state index contributed by atoms with van der Waals surface area (Å²) in [5, 5.41) is 10.6. The van der Waals surface area contributed by atoms with Crippen molar-refractivity contribution in [3.05, 3.63) is 0 Å². The van der Waals surface area contributed by atoms with E-state index < -0.39 is 51.3 Å². The van der Waals surface area contributed by atoms with Gasteiger partial charge >= 0.3 is 59.7 Å². The van der Waals surface area contributed by atoms with E-state index in [4.69, 9.17) is 52.1 Å². The minimum atomic E-state index is -0.687. The number of esters is 10. The molecule has 0 spiro atoms. The zero-order chi connectivity index (χ0) is 91.3. The fourth-order valence-corrected chi connectivity index (χ4v) is 26.6. The van der Waals surface area contributed by atoms with Crippen molar-refractivity contribution in [3.8, 4) is 0 Å². The van der Waals surface area contributed by atoms with Crippen molar-refractivity contribution < 1.29 is 105 Å². The molecule has 19 saturated carbocycles. The molecular weight excluding hydrogens is 1730 g/mol. The number of hydrogen-bond donors (Lipinski definition) is 1. The van der Waals surface area contributed by atoms with E-state index in [2.05, 4.69) is 27.7 Å². The van der Waals surface area contributed by atoms with E-state index in [1.54, 1.807) is 27.7 Å². The Bertz CT molecular complexity index is 3750. The average Bonchev–Trinajstić information content (AvgIpc) is 1.67. The summed E-state index contributed by atoms with van der Waals surface area (Å²) in [6, 6.07) is 0. The third-order valence-corrected chi connectivity index (χ3v) is 35.8. The highest BCUT2D eigenvalue weighted by atomic mass is 16.7. The van der Waals surface area contributed by atoms with Crippen LogP contribution < -0.4 is 0 Å². The first-order valence-electron chi connectivity index (χ1n) is 49.9. The Kier molecular flexibility index (Phi) is 49.4. The van der Waals surface area contributed by atoms with Crippen LogP contribution >= 0.6 is 0 Å². The van der Waals surface area contributed by atoms with Crippen molar-refractivity contribution in [2.24, 2.45) is 139 Å². The van der Waals surface area contributed by atoms with Crippen LogP contribution in [0.15, 0.2) is 0 Å². The number of rotatable bonds is 26. The molecule has 10 unspecified atom stereocenters. The number of aliphatic hydroxyl groups is 1. The van der Waals surface area contributed by atoms with Crippen molar-refractivity contribution in [1.29, 1.82) is 0 Å². The second-order valence-electron chi connectivity index (χ2n) is 47.4. The molecule has 19 aliphatic carbocycles. The molecule has 21 rings (SSSR count). The first kappa shape index (κ1) is 132. The van der Waals surface area contributed by atoms with E-state index in [0.29, 0.717) is 97.6 Å². The molecule has 1 N–H and O–H groups in total. The highest BCUT2D eigenvalue weighted by Crippen LogP contribution is 2.65. The first-order chi connectivity index (χ1) is 58.6. The molecule has 0 aromatic carbocycles. The first-order valence-corrected chi connectivity index (χ1v) is 49.9. The molecule has 21 aliphatic rings. The van der Waals surface area contributed by atoms with Gasteiger partial charge in [-0.2, -0.15) is 0 Å². The molecule has 21 fully saturated rings. The Balaban J connectivity index is 0.00000163. The van der Waals surface area contributed by atoms with Crippen LogP contribution in [0.4, 0.5) is 0 Å². The summed E-state index contributed by atoms with van der Waals surface area (Å²) in [4.78, 5) is 121. The molecule has 0 aromatic rings. The van der Waals surface area contributed by atoms with Crippen LogP contribution in [-0.4, -0.2) is 138 Å². The maximum Gasteiger partial charge on any atom is 0.347 e. The third-order valence-electron chi connectivity index (χ3n) is 35.8. The summed E-state index contributed by atoms with van der Waals surface area (Å²) < 4.78 is 62.0. The summed E-state index contributed by atoms with van der Waals surface area (Å²) >= 11 is 0. The second-order valence-corrected chi connectivity index (χ2v) is 47.4. The molecule has 0 aromatic heterocycles. The average molecular weight is 1950 g/mol. The lowest BCUT2D eigenvalue weighted by Crippen LogP contribution is -2.63. The summed E-state index contributed by atoms with van der Waals surface area (Å²) in [7, 11) is 0. The van der Waals surface area contributed by atoms with E-state index in [-0.39, 0.29) is 213 Å². The van der Waals surface area contributed by atoms with Gasteiger partial charge in [-0.25, -0.2) is 9.59 Å². The van der Waals surface area contributed by atoms with Crippen LogP contribution in [-0.2, 0) is 100 Å². The van der Waals surface area contributed by atoms with Gasteiger partial charge in [-0.05, 0) is 378 Å². The molecule has 137 heavy (non-hydrogen) atoms. The highest BCUT2D eigenvalue weighted by molar-refractivity contribution is 5.84. The Labute approximate surface area is 837 Å². The van der Waals surface area contributed by atoms with Crippen LogP contribution in [0.5, 0.6) is 0 Å². The fraction of sp³-hybridized carbons (Fsp3) is 0.913. The molecule has 2 aliphatic heterocycles. The van der Waals surface area contributed by atoms with Crippen molar-refractivity contribution in [2.45, 2.75) is 519 Å². The number of ether oxygens (including phenoxy) is 11. The zero-order valence-corrected chi connectivity index (χ0v) is 80.8. The molecule has 10 atom stereocenters. The Morgan fingerprint density at radius 3 is 1.26 bits per heavy atom. The number of carbonyl (C=O) groups excluding carboxylic acids is 10. The number of fused-ring (bicyclic) bond motifs is 1. The highest BCUT2D eigenvalue weighted by Gasteiger charge is 2.66. The van der Waals surface area contributed by atoms with Crippen molar-refractivity contribution in [2.75, 3.05) is 20.0 Å². The fourth-order valence-electron chi connectivity index (χ4n) is 26.6. The lowest BCUT2D eigenvalue weighted by Gasteiger charge is -2.62. The van der Waals surface area contributed by atoms with Gasteiger partial charge in [0, 0.05) is 24.7 Å². The summed E-state index contributed by atoms with van der Waals surface area (Å²) in [5.74, 6) is 7.27. The van der Waals surface area contributed by atoms with Crippen LogP contribution in [0.25, 0.3) is 0 Å². The largest absolute Gasteiger partial charge is 0.463 e. The van der Waals surface area contributed by atoms with Gasteiger partial charge in [0.1, 0.15) is 35.1 Å². The van der Waals surface area contributed by atoms with Gasteiger partial charge < -0.3 is 57.2 Å². The van der Waals surface area contributed by atoms with Crippen LogP contribution in [0.2, 0.25) is 0 Å². The molecule has 804 valence electrons. The predicted molar refractivity (Wildman–Crippen MR) is 551 cm³/mol. The zero-order valence-electron chi connectivity index (χ0n) is 80.8. The van der Waals surface area contributed by atoms with E-state index in [9.17, 15) is 53.1 Å². The van der Waals surface area contributed by atoms with Crippen LogP contribution in [0.3, 0.4) is 0 Å². The van der Waals surface area contributed by atoms with Crippen LogP contribution in [0, 0.1) is 139 Å². The van der Waals surface area contributed by atoms with E-state index in [0.717, 1.165) is 139 Å². The molecule has 18 bridgehead atoms. The number of cyclic esters (lactones) is 1. The minimum absolute atomic E-state index is 0. The maximum atomic E-state index is 13.4. The van der Waals surface area contributed by atoms with Gasteiger partial charge in [0.15, 0.2) is 13.4 Å². The maximum absolute atomic E-state index is 13.4. The van der Waals surface area contributed by atoms with Crippen molar-refractivity contribution in [3.63, 3.8) is 0 Å². The monoisotopic (exact) mass is 1950 g/mol. The molecule has 2 heterocycles. The quantitative estimate of drug-likeness (QED) is 0.0478. The summed E-state index contributed by atoms with van der Waals surface area (Å²) in [5.41, 5.74) is -4.29. The lowest BCUT2D eigenvalue weighted by molar-refractivity contribution is -0.231. The molecule has 0 radical (unpaired) electrons. The topological polar surface area (TPSA) is 292 Å². The Morgan fingerprint density at radius 2 is 0.825 bits per heavy atom. The molecule has 0 amide bonds. The molecule has 22 nitrogen and oxygen atoms in total. The molecular formula is C115H212O22. The van der Waals surface area contributed by atoms with E-state index in [1.807, 2.05) is 90.0 Å². The third kappa shape index (κ3) is 28.7. The Morgan fingerprint density at radius 1 is 0.409 bits per heavy atom. The SMILES string of the molecule is C.C.C.C.C.C.C.C.C.C.C.C.CCC(C)(C)C(=O)OC1(C(C)C)C2CC3CC(C2)CC1C3.CCC(C)(C)C(=O)OC12CC3CC(CC(O)(C3)C1)C2.CCC(C)(C)C(=O)OC1C2CC3CC1CC(C(=O)OCOC1C4CC5CC(C4)CC1C5)(C3)C2.CCC(C)(C)C(=O)OC1CCOC1=O.CCC(C)(C)C(=O)OCC(=O)OC1C2CC3C(=O)OC1C3C2.CCC1(OC(=O)C(C)(C)CC)CCCCC1. The van der Waals surface area contributed by atoms with E-state index >= 15 is 0 Å². The number of hydrogen-bond acceptors (Lipinski definition) is 22. The summed E-state index contributed by atoms with van der Waals surface area (Å²) in [6.45, 7) is 41.7. The van der Waals surface area contributed by atoms with E-state index in [1.165, 1.54) is 89.9 Å². The molecule has 2 saturated heterocycles. The standard InChI is InChI=1S/C28H42O5.C19H32O2.C16H22O6.C16H26O3.C14H26O2.C10H16O4.12CH4/c1-4-27(2,3)25(29)33-24-21-10-18-11-22(24)14-28(12-18,13-21)26(30)32-15-31-23-19-6-16-5-17(8-19)9-20(23)7-16;1-6-18(4,5)17(20)21-19(12(2)3)15-8-13-7-14(10-15)11-16(19)9-13;1-4-16(2,3)15(19)20-7-11(17)21-12-8-5-9-10(6-8)14(18)22-13(9)12;1-4-14(2,3)13(17)19-16-8-11-5-12(9-16)7-15(18,6-11)10-16;1-5-13(3,4)12(15)16-14(6-2)10-8-7-9-11-14;1-4-10(2,3)9(12)14-7-5-6-13-8(7)11;;;;;;;;;;;;/h16-24H,4-15H2,1-3H3;12-16H,6-11H2,1-5H3;8-10,12-13H,4-7H2,1-3H3;11-12,18H,4-10H2,1-3H3;5-11H2,1-4H3;7H,4-6H2,1-3H3;12*1H4. The van der Waals surface area contributed by atoms with Crippen molar-refractivity contribution in [1.82, 2.24) is 0 Å².